The van der Waals surface area contributed by atoms with Gasteiger partial charge in [-0.1, -0.05) is 44.5 Å². The van der Waals surface area contributed by atoms with Gasteiger partial charge in [0.05, 0.1) is 12.8 Å². The van der Waals surface area contributed by atoms with Gasteiger partial charge >= 0.3 is 0 Å². The Morgan fingerprint density at radius 1 is 1.31 bits per heavy atom. The average Bonchev–Trinajstić information content (AvgIpc) is 3.19. The topological polar surface area (TPSA) is 84.4 Å². The van der Waals surface area contributed by atoms with Gasteiger partial charge in [-0.05, 0) is 38.5 Å². The van der Waals surface area contributed by atoms with Crippen molar-refractivity contribution in [3.8, 4) is 5.75 Å². The maximum atomic E-state index is 14.4. The highest BCUT2D eigenvalue weighted by Gasteiger charge is 2.22. The van der Waals surface area contributed by atoms with Crippen LogP contribution in [0.2, 0.25) is 0 Å². The zero-order chi connectivity index (χ0) is 26.0. The van der Waals surface area contributed by atoms with Crippen molar-refractivity contribution in [1.29, 1.82) is 0 Å². The minimum Gasteiger partial charge on any atom is -0.506 e. The van der Waals surface area contributed by atoms with Crippen LogP contribution in [0.1, 0.15) is 57.8 Å². The van der Waals surface area contributed by atoms with Gasteiger partial charge in [0.15, 0.2) is 17.3 Å². The van der Waals surface area contributed by atoms with E-state index >= 15 is 0 Å². The van der Waals surface area contributed by atoms with Gasteiger partial charge in [-0.3, -0.25) is 4.79 Å². The van der Waals surface area contributed by atoms with Crippen LogP contribution in [-0.4, -0.2) is 34.1 Å². The second-order valence-electron chi connectivity index (χ2n) is 7.34. The molecule has 0 aromatic carbocycles. The number of nitrogens with zero attached hydrogens (tertiary/aromatic N) is 1. The Hall–Kier alpha value is -3.32. The molecule has 0 bridgehead atoms. The average molecular weight is 503 g/mol. The third-order valence-corrected chi connectivity index (χ3v) is 5.21. The van der Waals surface area contributed by atoms with Crippen molar-refractivity contribution >= 4 is 28.4 Å². The molecule has 0 unspecified atom stereocenters. The van der Waals surface area contributed by atoms with Crippen LogP contribution in [0.15, 0.2) is 76.3 Å². The lowest BCUT2D eigenvalue weighted by Gasteiger charge is -2.17. The highest BCUT2D eigenvalue weighted by Crippen LogP contribution is 2.28. The third kappa shape index (κ3) is 7.09. The van der Waals surface area contributed by atoms with Crippen LogP contribution in [0, 0.1) is 0 Å². The number of aromatic amines is 1. The number of nitrogens with one attached hydrogen (secondary N) is 1. The van der Waals surface area contributed by atoms with Crippen molar-refractivity contribution in [2.75, 3.05) is 13.2 Å². The van der Waals surface area contributed by atoms with Crippen molar-refractivity contribution in [2.45, 2.75) is 47.5 Å². The number of allylic oxidation sites excluding steroid dienone is 6. The van der Waals surface area contributed by atoms with E-state index in [-0.39, 0.29) is 23.9 Å². The summed E-state index contributed by atoms with van der Waals surface area (Å²) in [6.07, 6.45) is 10.4. The largest absolute Gasteiger partial charge is 0.506 e. The van der Waals surface area contributed by atoms with E-state index in [4.69, 9.17) is 21.1 Å². The summed E-state index contributed by atoms with van der Waals surface area (Å²) >= 11 is 5.96. The number of carbonyl (C=O) groups excluding carboxylic acids is 1. The number of hydrogen-bond donors (Lipinski definition) is 2. The quantitative estimate of drug-likeness (QED) is 0.161. The van der Waals surface area contributed by atoms with Gasteiger partial charge in [0.1, 0.15) is 23.8 Å². The molecular weight excluding hydrogens is 471 g/mol. The maximum absolute atomic E-state index is 14.4. The number of Topliss-reactive ketones (excluding diaryl/α,β-unsaturated/α-hetero) is 1. The number of ether oxygens (including phenoxy) is 2. The number of H-pyrrole nitrogens is 1. The summed E-state index contributed by atoms with van der Waals surface area (Å²) in [5, 5.41) is 10.7. The molecule has 2 heterocycles. The monoisotopic (exact) mass is 502 g/mol. The Labute approximate surface area is 210 Å². The maximum Gasteiger partial charge on any atom is 0.194 e. The van der Waals surface area contributed by atoms with Crippen LogP contribution in [0.4, 0.5) is 4.39 Å². The van der Waals surface area contributed by atoms with Gasteiger partial charge in [-0.25, -0.2) is 9.37 Å². The van der Waals surface area contributed by atoms with Crippen molar-refractivity contribution in [3.05, 3.63) is 81.9 Å². The van der Waals surface area contributed by atoms with Gasteiger partial charge in [0.25, 0.3) is 0 Å². The van der Waals surface area contributed by atoms with Gasteiger partial charge in [0, 0.05) is 39.7 Å². The van der Waals surface area contributed by atoms with E-state index < -0.39 is 5.83 Å². The van der Waals surface area contributed by atoms with Crippen molar-refractivity contribution in [1.82, 2.24) is 9.97 Å². The first-order valence-electron chi connectivity index (χ1n) is 11.6. The Morgan fingerprint density at radius 2 is 2.06 bits per heavy atom. The molecule has 188 valence electrons. The number of rotatable bonds is 9. The molecule has 2 aromatic heterocycles. The van der Waals surface area contributed by atoms with Gasteiger partial charge in [-0.2, -0.15) is 0 Å². The number of hydrogen-bond acceptors (Lipinski definition) is 5. The molecule has 2 aromatic rings. The number of ketones is 1. The summed E-state index contributed by atoms with van der Waals surface area (Å²) in [5.74, 6) is -0.195. The Morgan fingerprint density at radius 3 is 2.74 bits per heavy atom. The van der Waals surface area contributed by atoms with E-state index in [1.807, 2.05) is 20.8 Å². The molecule has 0 saturated heterocycles. The normalized spacial score (nSPS) is 14.6. The van der Waals surface area contributed by atoms with Crippen molar-refractivity contribution < 1.29 is 23.8 Å². The van der Waals surface area contributed by atoms with Gasteiger partial charge in [0.2, 0.25) is 0 Å². The molecule has 6 nitrogen and oxygen atoms in total. The summed E-state index contributed by atoms with van der Waals surface area (Å²) in [7, 11) is 0. The molecule has 2 N–H and O–H groups in total. The third-order valence-electron chi connectivity index (χ3n) is 4.95. The lowest BCUT2D eigenvalue weighted by atomic mass is 10.0. The van der Waals surface area contributed by atoms with E-state index in [1.54, 1.807) is 38.3 Å². The van der Waals surface area contributed by atoms with Crippen LogP contribution >= 0.6 is 11.6 Å². The highest BCUT2D eigenvalue weighted by molar-refractivity contribution is 6.29. The molecule has 35 heavy (non-hydrogen) atoms. The molecule has 1 aliphatic carbocycles. The molecule has 0 atom stereocenters. The lowest BCUT2D eigenvalue weighted by Crippen LogP contribution is -2.11. The molecule has 1 aliphatic rings. The summed E-state index contributed by atoms with van der Waals surface area (Å²) in [5.41, 5.74) is 1.48. The smallest absolute Gasteiger partial charge is 0.194 e. The summed E-state index contributed by atoms with van der Waals surface area (Å²) in [6, 6.07) is 1.48. The SMILES string of the molecule is CC.CC/C=C(OCC1=C(F)C=C(Cl)CC=C1)\C(OCC)=C(/C)C(=O)c1c[nH]c2ncc(O)cc12. The number of pyridine rings is 1. The van der Waals surface area contributed by atoms with E-state index in [0.29, 0.717) is 58.0 Å². The lowest BCUT2D eigenvalue weighted by molar-refractivity contribution is 0.101. The summed E-state index contributed by atoms with van der Waals surface area (Å²) in [6.45, 7) is 9.61. The van der Waals surface area contributed by atoms with Crippen LogP contribution in [0.25, 0.3) is 11.0 Å². The Bertz CT molecular complexity index is 1200. The van der Waals surface area contributed by atoms with E-state index in [1.165, 1.54) is 18.3 Å². The summed E-state index contributed by atoms with van der Waals surface area (Å²) in [4.78, 5) is 20.4. The summed E-state index contributed by atoms with van der Waals surface area (Å²) < 4.78 is 26.2. The predicted octanol–water partition coefficient (Wildman–Crippen LogP) is 7.40. The van der Waals surface area contributed by atoms with Crippen LogP contribution in [-0.2, 0) is 9.47 Å². The molecule has 3 rings (SSSR count). The van der Waals surface area contributed by atoms with Gasteiger partial charge < -0.3 is 19.6 Å². The Kier molecular flexibility index (Phi) is 10.8. The van der Waals surface area contributed by atoms with E-state index in [2.05, 4.69) is 9.97 Å². The highest BCUT2D eigenvalue weighted by atomic mass is 35.5. The van der Waals surface area contributed by atoms with Crippen molar-refractivity contribution in [2.24, 2.45) is 0 Å². The molecule has 8 heteroatoms. The van der Waals surface area contributed by atoms with Crippen LogP contribution in [0.3, 0.4) is 0 Å². The number of aromatic hydroxyl groups is 1. The van der Waals surface area contributed by atoms with Crippen molar-refractivity contribution in [3.63, 3.8) is 0 Å². The second-order valence-corrected chi connectivity index (χ2v) is 7.83. The molecule has 0 aliphatic heterocycles. The first kappa shape index (κ1) is 27.9. The standard InChI is InChI=1S/C25H26ClFN2O4.C2H6/c1-4-7-22(33-14-16-8-6-9-17(26)10-21(16)27)24(32-5-2)15(3)23(31)20-13-29-25-19(20)11-18(30)12-28-25;1-2/h6-8,10-13,30H,4-5,9,14H2,1-3H3,(H,28,29);1-2H3/b22-7+,24-15-;. The molecule has 0 amide bonds. The number of fused-ring (bicyclic) bond motifs is 1. The van der Waals surface area contributed by atoms with Crippen LogP contribution < -0.4 is 0 Å². The number of aromatic nitrogens is 2. The Balaban J connectivity index is 0.00000210. The zero-order valence-electron chi connectivity index (χ0n) is 20.7. The fourth-order valence-electron chi connectivity index (χ4n) is 3.35. The minimum absolute atomic E-state index is 0.0429. The molecule has 0 spiro atoms. The second kappa shape index (κ2) is 13.5. The first-order chi connectivity index (χ1) is 16.8. The fraction of sp³-hybridized carbons (Fsp3) is 0.333. The first-order valence-corrected chi connectivity index (χ1v) is 12.0. The molecule has 0 radical (unpaired) electrons. The minimum atomic E-state index is -0.467. The number of halogens is 2. The van der Waals surface area contributed by atoms with Crippen LogP contribution in [0.5, 0.6) is 5.75 Å². The van der Waals surface area contributed by atoms with Gasteiger partial charge in [-0.15, -0.1) is 0 Å². The fourth-order valence-corrected chi connectivity index (χ4v) is 3.54. The predicted molar refractivity (Wildman–Crippen MR) is 138 cm³/mol. The molecule has 0 saturated carbocycles. The molecular formula is C27H32ClFN2O4. The molecule has 0 fully saturated rings. The van der Waals surface area contributed by atoms with E-state index in [0.717, 1.165) is 0 Å². The van der Waals surface area contributed by atoms with E-state index in [9.17, 15) is 14.3 Å². The number of carbonyl (C=O) groups is 1. The zero-order valence-corrected chi connectivity index (χ0v) is 21.5.